The van der Waals surface area contributed by atoms with E-state index < -0.39 is 0 Å². The van der Waals surface area contributed by atoms with Gasteiger partial charge in [0.1, 0.15) is 5.82 Å². The molecule has 0 fully saturated rings. The molecule has 10 aromatic rings. The summed E-state index contributed by atoms with van der Waals surface area (Å²) in [5.41, 5.74) is 9.85. The van der Waals surface area contributed by atoms with Crippen molar-refractivity contribution in [3.05, 3.63) is 194 Å². The Balaban J connectivity index is 1.09. The minimum absolute atomic E-state index is 0.616. The first-order valence-corrected chi connectivity index (χ1v) is 18.3. The average Bonchev–Trinajstić information content (AvgIpc) is 3.61. The molecule has 0 atom stereocenters. The highest BCUT2D eigenvalue weighted by Crippen LogP contribution is 2.35. The van der Waals surface area contributed by atoms with Crippen molar-refractivity contribution < 1.29 is 0 Å². The Hall–Kier alpha value is -7.57. The van der Waals surface area contributed by atoms with E-state index in [0.29, 0.717) is 23.3 Å². The van der Waals surface area contributed by atoms with Gasteiger partial charge in [0.2, 0.25) is 0 Å². The van der Waals surface area contributed by atoms with Gasteiger partial charge in [-0.2, -0.15) is 0 Å². The second kappa shape index (κ2) is 13.8. The third-order valence-corrected chi connectivity index (χ3v) is 9.87. The van der Waals surface area contributed by atoms with Crippen molar-refractivity contribution in [1.82, 2.24) is 29.5 Å². The molecule has 0 spiro atoms. The lowest BCUT2D eigenvalue weighted by molar-refractivity contribution is 1.05. The third-order valence-electron chi connectivity index (χ3n) is 9.87. The zero-order valence-corrected chi connectivity index (χ0v) is 29.7. The van der Waals surface area contributed by atoms with E-state index in [-0.39, 0.29) is 0 Å². The highest BCUT2D eigenvalue weighted by molar-refractivity contribution is 6.09. The zero-order chi connectivity index (χ0) is 36.6. The molecule has 3 aromatic heterocycles. The molecule has 0 N–H and O–H groups in total. The summed E-state index contributed by atoms with van der Waals surface area (Å²) in [5, 5.41) is 2.37. The highest BCUT2D eigenvalue weighted by Gasteiger charge is 2.17. The van der Waals surface area contributed by atoms with Crippen LogP contribution in [-0.2, 0) is 0 Å². The zero-order valence-electron chi connectivity index (χ0n) is 29.7. The van der Waals surface area contributed by atoms with Gasteiger partial charge in [0.05, 0.1) is 16.7 Å². The highest BCUT2D eigenvalue weighted by atomic mass is 15.1. The van der Waals surface area contributed by atoms with Crippen molar-refractivity contribution in [2.24, 2.45) is 0 Å². The van der Waals surface area contributed by atoms with Crippen LogP contribution in [0.25, 0.3) is 95.6 Å². The predicted molar refractivity (Wildman–Crippen MR) is 222 cm³/mol. The van der Waals surface area contributed by atoms with Crippen molar-refractivity contribution in [2.45, 2.75) is 0 Å². The van der Waals surface area contributed by atoms with E-state index in [1.807, 2.05) is 78.9 Å². The molecular weight excluding hydrogens is 673 g/mol. The maximum Gasteiger partial charge on any atom is 0.164 e. The van der Waals surface area contributed by atoms with Crippen molar-refractivity contribution >= 4 is 21.8 Å². The molecule has 6 nitrogen and oxygen atoms in total. The van der Waals surface area contributed by atoms with E-state index in [1.165, 1.54) is 10.8 Å². The Morgan fingerprint density at radius 3 is 1.18 bits per heavy atom. The van der Waals surface area contributed by atoms with Crippen LogP contribution in [0.2, 0.25) is 0 Å². The normalized spacial score (nSPS) is 11.3. The number of rotatable bonds is 7. The number of benzene rings is 7. The number of hydrogen-bond acceptors (Lipinski definition) is 5. The van der Waals surface area contributed by atoms with Gasteiger partial charge in [-0.05, 0) is 35.4 Å². The van der Waals surface area contributed by atoms with Crippen LogP contribution in [0.5, 0.6) is 0 Å². The van der Waals surface area contributed by atoms with Gasteiger partial charge in [-0.25, -0.2) is 24.9 Å². The van der Waals surface area contributed by atoms with Crippen molar-refractivity contribution in [1.29, 1.82) is 0 Å². The van der Waals surface area contributed by atoms with E-state index in [9.17, 15) is 0 Å². The Morgan fingerprint density at radius 1 is 0.273 bits per heavy atom. The Kier molecular flexibility index (Phi) is 8.04. The minimum atomic E-state index is 0.616. The van der Waals surface area contributed by atoms with E-state index in [1.54, 1.807) is 0 Å². The van der Waals surface area contributed by atoms with Gasteiger partial charge in [-0.3, -0.25) is 4.57 Å². The van der Waals surface area contributed by atoms with Gasteiger partial charge in [0, 0.05) is 44.7 Å². The van der Waals surface area contributed by atoms with Crippen LogP contribution in [-0.4, -0.2) is 29.5 Å². The topological polar surface area (TPSA) is 69.4 Å². The number of aromatic nitrogens is 6. The van der Waals surface area contributed by atoms with Crippen LogP contribution >= 0.6 is 0 Å². The van der Waals surface area contributed by atoms with Crippen molar-refractivity contribution in [3.8, 4) is 73.8 Å². The molecule has 0 aliphatic heterocycles. The summed E-state index contributed by atoms with van der Waals surface area (Å²) in [6.45, 7) is 0. The van der Waals surface area contributed by atoms with Crippen LogP contribution in [0, 0.1) is 0 Å². The maximum absolute atomic E-state index is 5.19. The van der Waals surface area contributed by atoms with Gasteiger partial charge in [0.15, 0.2) is 23.3 Å². The maximum atomic E-state index is 5.19. The molecule has 3 heterocycles. The van der Waals surface area contributed by atoms with Gasteiger partial charge in [0.25, 0.3) is 0 Å². The lowest BCUT2D eigenvalue weighted by atomic mass is 9.99. The smallest absolute Gasteiger partial charge is 0.164 e. The fraction of sp³-hybridized carbons (Fsp3) is 0. The molecule has 0 bridgehead atoms. The molecule has 0 radical (unpaired) electrons. The fourth-order valence-electron chi connectivity index (χ4n) is 7.22. The number of nitrogens with zero attached hydrogens (tertiary/aromatic N) is 6. The minimum Gasteiger partial charge on any atom is -0.294 e. The molecule has 7 aromatic carbocycles. The summed E-state index contributed by atoms with van der Waals surface area (Å²) < 4.78 is 2.25. The molecule has 0 aliphatic rings. The van der Waals surface area contributed by atoms with Gasteiger partial charge < -0.3 is 0 Å². The molecule has 0 saturated heterocycles. The predicted octanol–water partition coefficient (Wildman–Crippen LogP) is 11.8. The van der Waals surface area contributed by atoms with Crippen LogP contribution in [0.4, 0.5) is 0 Å². The van der Waals surface area contributed by atoms with E-state index in [0.717, 1.165) is 61.5 Å². The van der Waals surface area contributed by atoms with Gasteiger partial charge in [-0.15, -0.1) is 0 Å². The largest absolute Gasteiger partial charge is 0.294 e. The third kappa shape index (κ3) is 6.11. The van der Waals surface area contributed by atoms with Crippen molar-refractivity contribution in [3.63, 3.8) is 0 Å². The first kappa shape index (κ1) is 32.1. The molecule has 0 unspecified atom stereocenters. The summed E-state index contributed by atoms with van der Waals surface area (Å²) in [4.78, 5) is 25.2. The summed E-state index contributed by atoms with van der Waals surface area (Å²) in [6.07, 6.45) is 0. The molecule has 6 heteroatoms. The number of hydrogen-bond donors (Lipinski definition) is 0. The Morgan fingerprint density at radius 2 is 0.655 bits per heavy atom. The van der Waals surface area contributed by atoms with Crippen LogP contribution in [0.3, 0.4) is 0 Å². The average molecular weight is 705 g/mol. The molecular formula is C49H32N6. The Bertz CT molecular complexity index is 2860. The van der Waals surface area contributed by atoms with E-state index in [4.69, 9.17) is 24.9 Å². The molecule has 55 heavy (non-hydrogen) atoms. The van der Waals surface area contributed by atoms with Crippen LogP contribution in [0.15, 0.2) is 194 Å². The molecule has 0 amide bonds. The van der Waals surface area contributed by atoms with Gasteiger partial charge >= 0.3 is 0 Å². The summed E-state index contributed by atoms with van der Waals surface area (Å²) in [6, 6.07) is 66.3. The number of para-hydroxylation sites is 2. The first-order valence-electron chi connectivity index (χ1n) is 18.3. The fourth-order valence-corrected chi connectivity index (χ4v) is 7.22. The lowest BCUT2D eigenvalue weighted by Gasteiger charge is -2.13. The quantitative estimate of drug-likeness (QED) is 0.165. The Labute approximate surface area is 318 Å². The molecule has 10 rings (SSSR count). The van der Waals surface area contributed by atoms with Crippen molar-refractivity contribution in [2.75, 3.05) is 0 Å². The van der Waals surface area contributed by atoms with Crippen LogP contribution < -0.4 is 0 Å². The van der Waals surface area contributed by atoms with Crippen LogP contribution in [0.1, 0.15) is 0 Å². The molecule has 0 aliphatic carbocycles. The van der Waals surface area contributed by atoms with E-state index >= 15 is 0 Å². The SMILES string of the molecule is c1ccc(-c2nc(-c3cccc(-c4cccc(-c5nc(-c6ccccc6)nc(-c6ccccc6)n5)c4)c3)cc(-n3c4ccccc4c4ccccc43)n2)cc1. The molecule has 258 valence electrons. The summed E-state index contributed by atoms with van der Waals surface area (Å²) in [7, 11) is 0. The summed E-state index contributed by atoms with van der Waals surface area (Å²) in [5.74, 6) is 3.36. The number of fused-ring (bicyclic) bond motifs is 3. The van der Waals surface area contributed by atoms with Gasteiger partial charge in [-0.1, -0.05) is 164 Å². The first-order chi connectivity index (χ1) is 27.2. The lowest BCUT2D eigenvalue weighted by Crippen LogP contribution is -2.02. The summed E-state index contributed by atoms with van der Waals surface area (Å²) >= 11 is 0. The standard InChI is InChI=1S/C49H32N6/c1-4-16-33(17-5-1)46-50-42(32-45(51-46)55-43-28-12-10-26-40(43)41-27-11-13-29-44(41)55)38-24-14-22-36(30-38)37-23-15-25-39(31-37)49-53-47(34-18-6-2-7-19-34)52-48(54-49)35-20-8-3-9-21-35/h1-32H. The van der Waals surface area contributed by atoms with E-state index in [2.05, 4.69) is 120 Å². The monoisotopic (exact) mass is 704 g/mol. The second-order valence-corrected chi connectivity index (χ2v) is 13.4. The second-order valence-electron chi connectivity index (χ2n) is 13.4. The molecule has 0 saturated carbocycles.